The van der Waals surface area contributed by atoms with Crippen LogP contribution in [0.15, 0.2) is 25.3 Å². The van der Waals surface area contributed by atoms with E-state index in [0.29, 0.717) is 39.0 Å². The highest BCUT2D eigenvalue weighted by Gasteiger charge is 2.19. The molecule has 0 aliphatic heterocycles. The molecule has 2 amide bonds. The lowest BCUT2D eigenvalue weighted by molar-refractivity contribution is -0.134. The number of hydrogen-bond donors (Lipinski definition) is 2. The van der Waals surface area contributed by atoms with E-state index in [0.717, 1.165) is 0 Å². The van der Waals surface area contributed by atoms with Gasteiger partial charge in [-0.25, -0.2) is 0 Å². The van der Waals surface area contributed by atoms with Gasteiger partial charge in [-0.1, -0.05) is 19.1 Å². The number of rotatable bonds is 14. The Hall–Kier alpha value is -1.66. The predicted molar refractivity (Wildman–Crippen MR) is 95.7 cm³/mol. The van der Waals surface area contributed by atoms with Gasteiger partial charge in [0.25, 0.3) is 0 Å². The zero-order chi connectivity index (χ0) is 18.4. The van der Waals surface area contributed by atoms with E-state index in [9.17, 15) is 9.59 Å². The first-order chi connectivity index (χ1) is 11.5. The average Bonchev–Trinajstić information content (AvgIpc) is 2.58. The lowest BCUT2D eigenvalue weighted by Gasteiger charge is -2.21. The van der Waals surface area contributed by atoms with Crippen LogP contribution in [0, 0.1) is 0 Å². The van der Waals surface area contributed by atoms with Crippen LogP contribution in [0.4, 0.5) is 0 Å². The van der Waals surface area contributed by atoms with E-state index >= 15 is 0 Å². The van der Waals surface area contributed by atoms with Crippen LogP contribution in [0.1, 0.15) is 40.0 Å². The van der Waals surface area contributed by atoms with Crippen molar-refractivity contribution in [3.8, 4) is 0 Å². The van der Waals surface area contributed by atoms with Crippen molar-refractivity contribution < 1.29 is 19.1 Å². The summed E-state index contributed by atoms with van der Waals surface area (Å²) in [7, 11) is 0. The SMILES string of the molecule is C=CCCO[C@H](C)C(=O)NC[C@H](CC)NC(=O)[C@@H](C)OCCC=C. The monoisotopic (exact) mass is 340 g/mol. The van der Waals surface area contributed by atoms with Crippen LogP contribution in [0.3, 0.4) is 0 Å². The number of carbonyl (C=O) groups is 2. The van der Waals surface area contributed by atoms with Gasteiger partial charge in [-0.3, -0.25) is 9.59 Å². The summed E-state index contributed by atoms with van der Waals surface area (Å²) in [5, 5.41) is 5.68. The number of nitrogens with one attached hydrogen (secondary N) is 2. The molecule has 6 heteroatoms. The molecule has 0 aromatic carbocycles. The Labute approximate surface area is 145 Å². The quantitative estimate of drug-likeness (QED) is 0.374. The molecule has 0 bridgehead atoms. The van der Waals surface area contributed by atoms with Gasteiger partial charge in [0.1, 0.15) is 12.2 Å². The highest BCUT2D eigenvalue weighted by atomic mass is 16.5. The first-order valence-electron chi connectivity index (χ1n) is 8.49. The summed E-state index contributed by atoms with van der Waals surface area (Å²) in [6, 6.07) is -0.146. The largest absolute Gasteiger partial charge is 0.368 e. The van der Waals surface area contributed by atoms with E-state index in [1.165, 1.54) is 0 Å². The van der Waals surface area contributed by atoms with Crippen LogP contribution >= 0.6 is 0 Å². The highest BCUT2D eigenvalue weighted by Crippen LogP contribution is 1.98. The Balaban J connectivity index is 4.16. The van der Waals surface area contributed by atoms with Gasteiger partial charge < -0.3 is 20.1 Å². The summed E-state index contributed by atoms with van der Waals surface area (Å²) in [6.45, 7) is 13.9. The summed E-state index contributed by atoms with van der Waals surface area (Å²) in [5.41, 5.74) is 0. The molecule has 0 fully saturated rings. The van der Waals surface area contributed by atoms with Crippen LogP contribution in [-0.4, -0.2) is 49.8 Å². The maximum Gasteiger partial charge on any atom is 0.249 e. The summed E-state index contributed by atoms with van der Waals surface area (Å²) in [6.07, 6.45) is 4.54. The van der Waals surface area contributed by atoms with E-state index in [-0.39, 0.29) is 17.9 Å². The van der Waals surface area contributed by atoms with E-state index in [2.05, 4.69) is 23.8 Å². The summed E-state index contributed by atoms with van der Waals surface area (Å²) < 4.78 is 10.8. The molecule has 0 radical (unpaired) electrons. The normalized spacial score (nSPS) is 14.3. The number of hydrogen-bond acceptors (Lipinski definition) is 4. The molecule has 0 saturated heterocycles. The number of amides is 2. The van der Waals surface area contributed by atoms with E-state index in [1.807, 2.05) is 6.92 Å². The van der Waals surface area contributed by atoms with Crippen molar-refractivity contribution in [2.45, 2.75) is 58.3 Å². The van der Waals surface area contributed by atoms with E-state index < -0.39 is 12.2 Å². The summed E-state index contributed by atoms with van der Waals surface area (Å²) in [5.74, 6) is -0.377. The molecular weight excluding hydrogens is 308 g/mol. The van der Waals surface area contributed by atoms with Crippen molar-refractivity contribution >= 4 is 11.8 Å². The fourth-order valence-electron chi connectivity index (χ4n) is 1.79. The zero-order valence-corrected chi connectivity index (χ0v) is 15.2. The predicted octanol–water partition coefficient (Wildman–Crippen LogP) is 1.96. The maximum absolute atomic E-state index is 12.1. The Morgan fingerprint density at radius 3 is 1.96 bits per heavy atom. The third kappa shape index (κ3) is 10.2. The van der Waals surface area contributed by atoms with Gasteiger partial charge in [0, 0.05) is 12.6 Å². The first-order valence-corrected chi connectivity index (χ1v) is 8.49. The smallest absolute Gasteiger partial charge is 0.249 e. The second kappa shape index (κ2) is 13.7. The molecule has 0 saturated carbocycles. The van der Waals surface area contributed by atoms with Crippen LogP contribution in [-0.2, 0) is 19.1 Å². The molecule has 2 N–H and O–H groups in total. The fraction of sp³-hybridized carbons (Fsp3) is 0.667. The number of carbonyl (C=O) groups excluding carboxylic acids is 2. The molecule has 0 aromatic heterocycles. The van der Waals surface area contributed by atoms with Gasteiger partial charge in [-0.2, -0.15) is 0 Å². The standard InChI is InChI=1S/C18H32N2O4/c1-6-9-11-23-14(4)17(21)19-13-16(8-3)20-18(22)15(5)24-12-10-7-2/h6-7,14-16H,1-2,8-13H2,3-5H3,(H,19,21)(H,20,22)/t14-,15-,16+/m1/s1. The first kappa shape index (κ1) is 22.3. The molecule has 0 heterocycles. The van der Waals surface area contributed by atoms with Crippen molar-refractivity contribution in [1.82, 2.24) is 10.6 Å². The van der Waals surface area contributed by atoms with Crippen molar-refractivity contribution in [2.24, 2.45) is 0 Å². The molecular formula is C18H32N2O4. The molecule has 0 aliphatic rings. The molecule has 0 aromatic rings. The van der Waals surface area contributed by atoms with Crippen LogP contribution < -0.4 is 10.6 Å². The van der Waals surface area contributed by atoms with Gasteiger partial charge in [0.2, 0.25) is 11.8 Å². The molecule has 0 aliphatic carbocycles. The van der Waals surface area contributed by atoms with Crippen molar-refractivity contribution in [2.75, 3.05) is 19.8 Å². The Morgan fingerprint density at radius 2 is 1.50 bits per heavy atom. The maximum atomic E-state index is 12.1. The second-order valence-corrected chi connectivity index (χ2v) is 5.54. The third-order valence-corrected chi connectivity index (χ3v) is 3.48. The minimum Gasteiger partial charge on any atom is -0.368 e. The molecule has 0 spiro atoms. The Morgan fingerprint density at radius 1 is 1.00 bits per heavy atom. The highest BCUT2D eigenvalue weighted by molar-refractivity contribution is 5.81. The molecule has 3 atom stereocenters. The molecule has 6 nitrogen and oxygen atoms in total. The summed E-state index contributed by atoms with van der Waals surface area (Å²) in [4.78, 5) is 24.0. The van der Waals surface area contributed by atoms with Gasteiger partial charge in [-0.15, -0.1) is 13.2 Å². The molecule has 138 valence electrons. The molecule has 0 rings (SSSR count). The van der Waals surface area contributed by atoms with Crippen LogP contribution in [0.25, 0.3) is 0 Å². The minimum atomic E-state index is -0.532. The zero-order valence-electron chi connectivity index (χ0n) is 15.2. The minimum absolute atomic E-state index is 0.146. The van der Waals surface area contributed by atoms with Gasteiger partial charge in [0.05, 0.1) is 13.2 Å². The average molecular weight is 340 g/mol. The van der Waals surface area contributed by atoms with Crippen LogP contribution in [0.2, 0.25) is 0 Å². The second-order valence-electron chi connectivity index (χ2n) is 5.54. The van der Waals surface area contributed by atoms with E-state index in [1.54, 1.807) is 26.0 Å². The van der Waals surface area contributed by atoms with Gasteiger partial charge >= 0.3 is 0 Å². The summed E-state index contributed by atoms with van der Waals surface area (Å²) >= 11 is 0. The fourth-order valence-corrected chi connectivity index (χ4v) is 1.79. The van der Waals surface area contributed by atoms with Crippen molar-refractivity contribution in [3.63, 3.8) is 0 Å². The van der Waals surface area contributed by atoms with Crippen molar-refractivity contribution in [3.05, 3.63) is 25.3 Å². The van der Waals surface area contributed by atoms with Crippen molar-refractivity contribution in [1.29, 1.82) is 0 Å². The third-order valence-electron chi connectivity index (χ3n) is 3.48. The Kier molecular flexibility index (Phi) is 12.8. The number of ether oxygens (including phenoxy) is 2. The van der Waals surface area contributed by atoms with E-state index in [4.69, 9.17) is 9.47 Å². The molecule has 0 unspecified atom stereocenters. The molecule has 24 heavy (non-hydrogen) atoms. The van der Waals surface area contributed by atoms with Crippen LogP contribution in [0.5, 0.6) is 0 Å². The lowest BCUT2D eigenvalue weighted by Crippen LogP contribution is -2.48. The Bertz CT molecular complexity index is 398. The van der Waals surface area contributed by atoms with Gasteiger partial charge in [0.15, 0.2) is 0 Å². The lowest BCUT2D eigenvalue weighted by atomic mass is 10.2. The topological polar surface area (TPSA) is 76.7 Å². The van der Waals surface area contributed by atoms with Gasteiger partial charge in [-0.05, 0) is 33.1 Å².